The second-order valence-corrected chi connectivity index (χ2v) is 6.42. The van der Waals surface area contributed by atoms with Gasteiger partial charge < -0.3 is 20.5 Å². The molecule has 29 heavy (non-hydrogen) atoms. The van der Waals surface area contributed by atoms with Crippen LogP contribution in [0.4, 0.5) is 19.4 Å². The lowest BCUT2D eigenvalue weighted by atomic mass is 10.0. The number of rotatable bonds is 6. The van der Waals surface area contributed by atoms with Crippen LogP contribution >= 0.6 is 0 Å². The first-order valence-electron chi connectivity index (χ1n) is 8.98. The highest BCUT2D eigenvalue weighted by Gasteiger charge is 2.30. The molecule has 0 aliphatic carbocycles. The zero-order valence-corrected chi connectivity index (χ0v) is 15.7. The van der Waals surface area contributed by atoms with E-state index in [-0.39, 0.29) is 41.1 Å². The van der Waals surface area contributed by atoms with Gasteiger partial charge in [-0.2, -0.15) is 0 Å². The van der Waals surface area contributed by atoms with Crippen molar-refractivity contribution in [1.29, 1.82) is 0 Å². The first-order valence-corrected chi connectivity index (χ1v) is 8.98. The zero-order valence-electron chi connectivity index (χ0n) is 15.7. The van der Waals surface area contributed by atoms with E-state index in [0.717, 1.165) is 0 Å². The van der Waals surface area contributed by atoms with Crippen LogP contribution < -0.4 is 16.0 Å². The van der Waals surface area contributed by atoms with Crippen LogP contribution in [0, 0.1) is 11.6 Å². The Labute approximate surface area is 166 Å². The SMILES string of the molecule is CCOC1CN(c2ncc(-c3cccc(CN=C(N)NC(=O)O)c3F)cc2F)C1. The molecule has 10 heteroatoms. The third-order valence-corrected chi connectivity index (χ3v) is 4.42. The Hall–Kier alpha value is -3.27. The number of halogens is 2. The summed E-state index contributed by atoms with van der Waals surface area (Å²) in [7, 11) is 0. The fourth-order valence-corrected chi connectivity index (χ4v) is 3.01. The molecule has 0 saturated carbocycles. The summed E-state index contributed by atoms with van der Waals surface area (Å²) in [5.41, 5.74) is 6.03. The van der Waals surface area contributed by atoms with Crippen LogP contribution in [0.3, 0.4) is 0 Å². The Morgan fingerprint density at radius 1 is 1.45 bits per heavy atom. The molecule has 1 aromatic heterocycles. The smallest absolute Gasteiger partial charge is 0.411 e. The van der Waals surface area contributed by atoms with Crippen molar-refractivity contribution in [2.24, 2.45) is 10.7 Å². The number of nitrogens with zero attached hydrogens (tertiary/aromatic N) is 3. The third kappa shape index (κ3) is 4.77. The van der Waals surface area contributed by atoms with Gasteiger partial charge in [0.15, 0.2) is 17.6 Å². The number of aliphatic imine (C=N–C) groups is 1. The van der Waals surface area contributed by atoms with Crippen molar-refractivity contribution >= 4 is 17.9 Å². The standard InChI is InChI=1S/C19H21F2N5O3/c1-2-29-13-9-26(10-13)17-15(20)6-12(8-23-17)14-5-3-4-11(16(14)21)7-24-18(22)25-19(27)28/h3-6,8,13H,2,7,9-10H2,1H3,(H,27,28)(H3,22,24,25). The summed E-state index contributed by atoms with van der Waals surface area (Å²) < 4.78 is 34.9. The summed E-state index contributed by atoms with van der Waals surface area (Å²) in [5.74, 6) is -1.29. The molecule has 0 atom stereocenters. The molecule has 0 spiro atoms. The van der Waals surface area contributed by atoms with Crippen molar-refractivity contribution in [3.05, 3.63) is 47.7 Å². The lowest BCUT2D eigenvalue weighted by Gasteiger charge is -2.39. The summed E-state index contributed by atoms with van der Waals surface area (Å²) in [6.07, 6.45) is 0.119. The van der Waals surface area contributed by atoms with Gasteiger partial charge in [0, 0.05) is 42.6 Å². The number of anilines is 1. The fraction of sp³-hybridized carbons (Fsp3) is 0.316. The van der Waals surface area contributed by atoms with E-state index < -0.39 is 17.7 Å². The first-order chi connectivity index (χ1) is 13.9. The number of nitrogens with one attached hydrogen (secondary N) is 1. The van der Waals surface area contributed by atoms with Crippen LogP contribution in [-0.2, 0) is 11.3 Å². The molecule has 2 heterocycles. The number of guanidine groups is 1. The number of hydrogen-bond donors (Lipinski definition) is 3. The molecule has 0 bridgehead atoms. The quantitative estimate of drug-likeness (QED) is 0.502. The van der Waals surface area contributed by atoms with Gasteiger partial charge in [-0.15, -0.1) is 0 Å². The van der Waals surface area contributed by atoms with Gasteiger partial charge in [0.05, 0.1) is 12.6 Å². The van der Waals surface area contributed by atoms with E-state index in [0.29, 0.717) is 19.7 Å². The molecule has 1 fully saturated rings. The lowest BCUT2D eigenvalue weighted by molar-refractivity contribution is 0.0424. The molecule has 0 radical (unpaired) electrons. The average molecular weight is 405 g/mol. The maximum atomic E-state index is 14.9. The number of benzene rings is 1. The van der Waals surface area contributed by atoms with Gasteiger partial charge in [-0.1, -0.05) is 18.2 Å². The van der Waals surface area contributed by atoms with Crippen LogP contribution in [0.5, 0.6) is 0 Å². The maximum Gasteiger partial charge on any atom is 0.411 e. The van der Waals surface area contributed by atoms with Crippen molar-refractivity contribution in [3.8, 4) is 11.1 Å². The Morgan fingerprint density at radius 2 is 2.21 bits per heavy atom. The Kier molecular flexibility index (Phi) is 6.23. The molecule has 1 saturated heterocycles. The van der Waals surface area contributed by atoms with Gasteiger partial charge in [-0.3, -0.25) is 5.32 Å². The van der Waals surface area contributed by atoms with Crippen LogP contribution in [0.25, 0.3) is 11.1 Å². The number of carbonyl (C=O) groups is 1. The largest absolute Gasteiger partial charge is 0.465 e. The van der Waals surface area contributed by atoms with Crippen molar-refractivity contribution < 1.29 is 23.4 Å². The molecule has 8 nitrogen and oxygen atoms in total. The molecular formula is C19H21F2N5O3. The monoisotopic (exact) mass is 405 g/mol. The molecular weight excluding hydrogens is 384 g/mol. The van der Waals surface area contributed by atoms with E-state index in [1.165, 1.54) is 24.4 Å². The topological polar surface area (TPSA) is 113 Å². The predicted octanol–water partition coefficient (Wildman–Crippen LogP) is 2.33. The predicted molar refractivity (Wildman–Crippen MR) is 104 cm³/mol. The summed E-state index contributed by atoms with van der Waals surface area (Å²) >= 11 is 0. The molecule has 1 aliphatic heterocycles. The van der Waals surface area contributed by atoms with Gasteiger partial charge in [-0.25, -0.2) is 23.6 Å². The molecule has 1 amide bonds. The maximum absolute atomic E-state index is 14.9. The Bertz CT molecular complexity index is 932. The average Bonchev–Trinajstić information content (AvgIpc) is 2.63. The highest BCUT2D eigenvalue weighted by atomic mass is 19.1. The highest BCUT2D eigenvalue weighted by Crippen LogP contribution is 2.30. The fourth-order valence-electron chi connectivity index (χ4n) is 3.01. The van der Waals surface area contributed by atoms with Crippen molar-refractivity contribution in [2.45, 2.75) is 19.6 Å². The minimum absolute atomic E-state index is 0.0682. The van der Waals surface area contributed by atoms with E-state index in [4.69, 9.17) is 15.6 Å². The molecule has 1 aromatic carbocycles. The van der Waals surface area contributed by atoms with E-state index >= 15 is 0 Å². The summed E-state index contributed by atoms with van der Waals surface area (Å²) in [5, 5.41) is 10.5. The zero-order chi connectivity index (χ0) is 21.0. The molecule has 0 unspecified atom stereocenters. The number of pyridine rings is 1. The number of hydrogen-bond acceptors (Lipinski definition) is 5. The molecule has 1 aliphatic rings. The van der Waals surface area contributed by atoms with E-state index in [1.54, 1.807) is 11.0 Å². The summed E-state index contributed by atoms with van der Waals surface area (Å²) in [6, 6.07) is 5.83. The summed E-state index contributed by atoms with van der Waals surface area (Å²) in [6.45, 7) is 3.45. The van der Waals surface area contributed by atoms with Crippen molar-refractivity contribution in [3.63, 3.8) is 0 Å². The Balaban J connectivity index is 1.77. The number of carboxylic acid groups (broad SMARTS) is 1. The summed E-state index contributed by atoms with van der Waals surface area (Å²) in [4.78, 5) is 20.2. The molecule has 2 aromatic rings. The number of aromatic nitrogens is 1. The van der Waals surface area contributed by atoms with Crippen LogP contribution in [0.1, 0.15) is 12.5 Å². The minimum Gasteiger partial charge on any atom is -0.465 e. The lowest BCUT2D eigenvalue weighted by Crippen LogP contribution is -2.53. The van der Waals surface area contributed by atoms with Gasteiger partial charge in [0.2, 0.25) is 0 Å². The number of amides is 1. The minimum atomic E-state index is -1.36. The Morgan fingerprint density at radius 3 is 2.86 bits per heavy atom. The van der Waals surface area contributed by atoms with Crippen molar-refractivity contribution in [2.75, 3.05) is 24.6 Å². The van der Waals surface area contributed by atoms with Crippen LogP contribution in [-0.4, -0.2) is 47.9 Å². The van der Waals surface area contributed by atoms with Crippen molar-refractivity contribution in [1.82, 2.24) is 10.3 Å². The number of nitrogens with two attached hydrogens (primary N) is 1. The van der Waals surface area contributed by atoms with Crippen LogP contribution in [0.2, 0.25) is 0 Å². The van der Waals surface area contributed by atoms with E-state index in [9.17, 15) is 13.6 Å². The van der Waals surface area contributed by atoms with Gasteiger partial charge >= 0.3 is 6.09 Å². The molecule has 3 rings (SSSR count). The third-order valence-electron chi connectivity index (χ3n) is 4.42. The van der Waals surface area contributed by atoms with Gasteiger partial charge in [0.25, 0.3) is 0 Å². The van der Waals surface area contributed by atoms with E-state index in [2.05, 4.69) is 9.98 Å². The highest BCUT2D eigenvalue weighted by molar-refractivity contribution is 5.92. The molecule has 154 valence electrons. The molecule has 4 N–H and O–H groups in total. The first kappa shape index (κ1) is 20.5. The second-order valence-electron chi connectivity index (χ2n) is 6.42. The number of ether oxygens (including phenoxy) is 1. The normalized spacial score (nSPS) is 14.6. The van der Waals surface area contributed by atoms with E-state index in [1.807, 2.05) is 12.2 Å². The van der Waals surface area contributed by atoms with Gasteiger partial charge in [0.1, 0.15) is 5.82 Å². The van der Waals surface area contributed by atoms with Crippen LogP contribution in [0.15, 0.2) is 35.5 Å². The second kappa shape index (κ2) is 8.82. The van der Waals surface area contributed by atoms with Gasteiger partial charge in [-0.05, 0) is 13.0 Å².